The van der Waals surface area contributed by atoms with Crippen LogP contribution in [0.15, 0.2) is 24.3 Å². The number of carbonyl (C=O) groups is 1. The van der Waals surface area contributed by atoms with E-state index in [0.717, 1.165) is 18.7 Å². The summed E-state index contributed by atoms with van der Waals surface area (Å²) in [7, 11) is 3.69. The minimum absolute atomic E-state index is 0.0992. The number of hydrogen-bond acceptors (Lipinski definition) is 2. The fourth-order valence-electron chi connectivity index (χ4n) is 4.65. The molecule has 0 aromatic heterocycles. The SMILES string of the molecule is CN(C)C(=O)N1CCCC2(CCN(CCC(C)(C)C)CC2)c2ccccc21. The van der Waals surface area contributed by atoms with E-state index in [1.54, 1.807) is 4.90 Å². The number of piperidine rings is 1. The second-order valence-electron chi connectivity index (χ2n) is 9.88. The Morgan fingerprint density at radius 3 is 2.37 bits per heavy atom. The predicted molar refractivity (Wildman–Crippen MR) is 114 cm³/mol. The van der Waals surface area contributed by atoms with Gasteiger partial charge < -0.3 is 9.80 Å². The summed E-state index contributed by atoms with van der Waals surface area (Å²) in [5.41, 5.74) is 3.16. The number of rotatable bonds is 2. The Morgan fingerprint density at radius 2 is 1.74 bits per heavy atom. The molecule has 1 saturated heterocycles. The molecule has 0 radical (unpaired) electrons. The van der Waals surface area contributed by atoms with E-state index in [1.165, 1.54) is 50.9 Å². The van der Waals surface area contributed by atoms with E-state index in [9.17, 15) is 4.79 Å². The third-order valence-corrected chi connectivity index (χ3v) is 6.41. The second-order valence-corrected chi connectivity index (χ2v) is 9.88. The van der Waals surface area contributed by atoms with Crippen LogP contribution in [0.4, 0.5) is 10.5 Å². The van der Waals surface area contributed by atoms with Gasteiger partial charge in [0, 0.05) is 26.3 Å². The quantitative estimate of drug-likeness (QED) is 0.751. The smallest absolute Gasteiger partial charge is 0.323 e. The number of carbonyl (C=O) groups excluding carboxylic acids is 1. The Bertz CT molecular complexity index is 654. The number of benzene rings is 1. The molecule has 27 heavy (non-hydrogen) atoms. The van der Waals surface area contributed by atoms with Crippen molar-refractivity contribution in [2.24, 2.45) is 5.41 Å². The average Bonchev–Trinajstić information content (AvgIpc) is 2.78. The molecule has 150 valence electrons. The van der Waals surface area contributed by atoms with Gasteiger partial charge in [0.15, 0.2) is 0 Å². The van der Waals surface area contributed by atoms with E-state index < -0.39 is 0 Å². The number of urea groups is 1. The van der Waals surface area contributed by atoms with Gasteiger partial charge in [-0.25, -0.2) is 4.79 Å². The predicted octanol–water partition coefficient (Wildman–Crippen LogP) is 4.74. The summed E-state index contributed by atoms with van der Waals surface area (Å²) in [5.74, 6) is 0. The minimum Gasteiger partial charge on any atom is -0.330 e. The Kier molecular flexibility index (Phi) is 5.85. The van der Waals surface area contributed by atoms with Crippen molar-refractivity contribution < 1.29 is 4.79 Å². The topological polar surface area (TPSA) is 26.8 Å². The highest BCUT2D eigenvalue weighted by molar-refractivity contribution is 5.93. The molecular formula is C23H37N3O. The van der Waals surface area contributed by atoms with Crippen LogP contribution >= 0.6 is 0 Å². The van der Waals surface area contributed by atoms with Crippen LogP contribution in [-0.2, 0) is 5.41 Å². The van der Waals surface area contributed by atoms with Crippen molar-refractivity contribution >= 4 is 11.7 Å². The van der Waals surface area contributed by atoms with Gasteiger partial charge in [-0.15, -0.1) is 0 Å². The van der Waals surface area contributed by atoms with E-state index in [2.05, 4.69) is 49.9 Å². The number of hydrogen-bond donors (Lipinski definition) is 0. The first-order valence-corrected chi connectivity index (χ1v) is 10.5. The van der Waals surface area contributed by atoms with Crippen LogP contribution in [0.3, 0.4) is 0 Å². The maximum absolute atomic E-state index is 12.8. The number of para-hydroxylation sites is 1. The zero-order chi connectivity index (χ0) is 19.7. The first-order valence-electron chi connectivity index (χ1n) is 10.5. The highest BCUT2D eigenvalue weighted by Gasteiger charge is 2.40. The summed E-state index contributed by atoms with van der Waals surface area (Å²) >= 11 is 0. The molecule has 2 aliphatic heterocycles. The zero-order valence-corrected chi connectivity index (χ0v) is 17.9. The first-order chi connectivity index (χ1) is 12.7. The summed E-state index contributed by atoms with van der Waals surface area (Å²) < 4.78 is 0. The molecule has 1 spiro atoms. The molecule has 0 N–H and O–H groups in total. The van der Waals surface area contributed by atoms with Crippen LogP contribution in [0.5, 0.6) is 0 Å². The lowest BCUT2D eigenvalue weighted by Crippen LogP contribution is -2.43. The van der Waals surface area contributed by atoms with Crippen LogP contribution in [0.2, 0.25) is 0 Å². The summed E-state index contributed by atoms with van der Waals surface area (Å²) in [5, 5.41) is 0. The molecule has 0 saturated carbocycles. The molecule has 2 heterocycles. The second kappa shape index (κ2) is 7.83. The molecule has 0 aliphatic carbocycles. The fourth-order valence-corrected chi connectivity index (χ4v) is 4.65. The van der Waals surface area contributed by atoms with Gasteiger partial charge in [0.1, 0.15) is 0 Å². The number of amides is 2. The van der Waals surface area contributed by atoms with Crippen LogP contribution < -0.4 is 4.90 Å². The highest BCUT2D eigenvalue weighted by Crippen LogP contribution is 2.46. The molecule has 0 unspecified atom stereocenters. The Balaban J connectivity index is 1.80. The summed E-state index contributed by atoms with van der Waals surface area (Å²) in [6.07, 6.45) is 5.93. The van der Waals surface area contributed by atoms with Crippen molar-refractivity contribution in [1.29, 1.82) is 0 Å². The van der Waals surface area contributed by atoms with Gasteiger partial charge in [-0.2, -0.15) is 0 Å². The van der Waals surface area contributed by atoms with E-state index >= 15 is 0 Å². The lowest BCUT2D eigenvalue weighted by Gasteiger charge is -2.43. The van der Waals surface area contributed by atoms with E-state index in [-0.39, 0.29) is 11.4 Å². The van der Waals surface area contributed by atoms with Gasteiger partial charge in [0.05, 0.1) is 0 Å². The van der Waals surface area contributed by atoms with Gasteiger partial charge in [-0.3, -0.25) is 4.90 Å². The molecule has 2 amide bonds. The lowest BCUT2D eigenvalue weighted by atomic mass is 9.69. The molecule has 1 aromatic rings. The van der Waals surface area contributed by atoms with Crippen molar-refractivity contribution in [1.82, 2.24) is 9.80 Å². The van der Waals surface area contributed by atoms with Crippen LogP contribution in [0.25, 0.3) is 0 Å². The van der Waals surface area contributed by atoms with Crippen molar-refractivity contribution in [2.45, 2.75) is 58.3 Å². The third-order valence-electron chi connectivity index (χ3n) is 6.41. The number of likely N-dealkylation sites (tertiary alicyclic amines) is 1. The van der Waals surface area contributed by atoms with Crippen molar-refractivity contribution in [3.63, 3.8) is 0 Å². The third kappa shape index (κ3) is 4.48. The fraction of sp³-hybridized carbons (Fsp3) is 0.696. The van der Waals surface area contributed by atoms with Gasteiger partial charge >= 0.3 is 6.03 Å². The number of anilines is 1. The largest absolute Gasteiger partial charge is 0.330 e. The van der Waals surface area contributed by atoms with E-state index in [4.69, 9.17) is 0 Å². The Hall–Kier alpha value is -1.55. The van der Waals surface area contributed by atoms with Crippen molar-refractivity contribution in [3.05, 3.63) is 29.8 Å². The Labute approximate surface area is 165 Å². The molecule has 2 aliphatic rings. The van der Waals surface area contributed by atoms with E-state index in [1.807, 2.05) is 19.0 Å². The molecule has 0 atom stereocenters. The van der Waals surface area contributed by atoms with Crippen LogP contribution in [0.1, 0.15) is 58.4 Å². The summed E-state index contributed by atoms with van der Waals surface area (Å²) in [4.78, 5) is 19.1. The molecule has 0 bridgehead atoms. The number of fused-ring (bicyclic) bond motifs is 2. The average molecular weight is 372 g/mol. The van der Waals surface area contributed by atoms with Gasteiger partial charge in [0.25, 0.3) is 0 Å². The molecule has 4 heteroatoms. The van der Waals surface area contributed by atoms with Gasteiger partial charge in [-0.1, -0.05) is 39.0 Å². The van der Waals surface area contributed by atoms with Crippen LogP contribution in [0, 0.1) is 5.41 Å². The monoisotopic (exact) mass is 371 g/mol. The standard InChI is InChI=1S/C23H37N3O/c1-22(2,3)12-16-25-17-13-23(14-18-25)11-8-15-26(21(27)24(4)5)20-10-7-6-9-19(20)23/h6-7,9-10H,8,11-18H2,1-5H3. The van der Waals surface area contributed by atoms with E-state index in [0.29, 0.717) is 5.41 Å². The normalized spacial score (nSPS) is 20.3. The Morgan fingerprint density at radius 1 is 1.07 bits per heavy atom. The molecule has 3 rings (SSSR count). The lowest BCUT2D eigenvalue weighted by molar-refractivity contribution is 0.137. The zero-order valence-electron chi connectivity index (χ0n) is 17.9. The van der Waals surface area contributed by atoms with Crippen LogP contribution in [-0.4, -0.2) is 56.1 Å². The first kappa shape index (κ1) is 20.2. The van der Waals surface area contributed by atoms with Gasteiger partial charge in [0.2, 0.25) is 0 Å². The minimum atomic E-state index is 0.0992. The molecule has 1 fully saturated rings. The maximum Gasteiger partial charge on any atom is 0.323 e. The highest BCUT2D eigenvalue weighted by atomic mass is 16.2. The molecule has 4 nitrogen and oxygen atoms in total. The molecular weight excluding hydrogens is 334 g/mol. The maximum atomic E-state index is 12.8. The summed E-state index contributed by atoms with van der Waals surface area (Å²) in [6.45, 7) is 11.4. The number of nitrogens with zero attached hydrogens (tertiary/aromatic N) is 3. The van der Waals surface area contributed by atoms with Gasteiger partial charge in [-0.05, 0) is 74.2 Å². The van der Waals surface area contributed by atoms with Crippen molar-refractivity contribution in [2.75, 3.05) is 45.2 Å². The molecule has 1 aromatic carbocycles. The summed E-state index contributed by atoms with van der Waals surface area (Å²) in [6, 6.07) is 8.75. The van der Waals surface area contributed by atoms with Crippen molar-refractivity contribution in [3.8, 4) is 0 Å².